The summed E-state index contributed by atoms with van der Waals surface area (Å²) in [5, 5.41) is 16.2. The monoisotopic (exact) mass is 401 g/mol. The maximum absolute atomic E-state index is 12.9. The second-order valence-corrected chi connectivity index (χ2v) is 6.76. The molecule has 0 radical (unpaired) electrons. The zero-order chi connectivity index (χ0) is 21.0. The van der Waals surface area contributed by atoms with E-state index in [0.717, 1.165) is 5.39 Å². The number of rotatable bonds is 8. The quantitative estimate of drug-likeness (QED) is 0.699. The van der Waals surface area contributed by atoms with E-state index in [4.69, 9.17) is 9.94 Å². The predicted octanol–water partition coefficient (Wildman–Crippen LogP) is 2.01. The molecule has 1 aliphatic heterocycles. The van der Waals surface area contributed by atoms with Crippen LogP contribution < -0.4 is 5.32 Å². The molecule has 0 aliphatic carbocycles. The Labute approximate surface area is 165 Å². The Bertz CT molecular complexity index is 988. The van der Waals surface area contributed by atoms with Crippen molar-refractivity contribution in [1.29, 1.82) is 0 Å². The Kier molecular flexibility index (Phi) is 5.86. The summed E-state index contributed by atoms with van der Waals surface area (Å²) in [6.45, 7) is 0.338. The molecular weight excluding hydrogens is 381 g/mol. The molecule has 0 fully saturated rings. The Morgan fingerprint density at radius 3 is 2.76 bits per heavy atom. The maximum Gasteiger partial charge on any atom is 0.305 e. The fourth-order valence-corrected chi connectivity index (χ4v) is 3.23. The molecule has 0 spiro atoms. The van der Waals surface area contributed by atoms with Gasteiger partial charge < -0.3 is 15.3 Å². The molecule has 29 heavy (non-hydrogen) atoms. The largest absolute Gasteiger partial charge is 0.481 e. The number of nitrogens with zero attached hydrogens (tertiary/aromatic N) is 2. The Morgan fingerprint density at radius 2 is 2.07 bits per heavy atom. The number of carbonyl (C=O) groups is 3. The lowest BCUT2D eigenvalue weighted by molar-refractivity contribution is -0.148. The van der Waals surface area contributed by atoms with Crippen molar-refractivity contribution in [2.75, 3.05) is 6.67 Å². The molecule has 0 bridgehead atoms. The van der Waals surface area contributed by atoms with E-state index < -0.39 is 42.4 Å². The van der Waals surface area contributed by atoms with E-state index in [9.17, 15) is 18.8 Å². The Balaban J connectivity index is 1.83. The number of benzene rings is 1. The first-order valence-corrected chi connectivity index (χ1v) is 9.11. The number of nitrogens with one attached hydrogen (secondary N) is 1. The van der Waals surface area contributed by atoms with Gasteiger partial charge in [-0.05, 0) is 12.5 Å². The molecule has 1 aliphatic rings. The van der Waals surface area contributed by atoms with Crippen molar-refractivity contribution >= 4 is 34.3 Å². The smallest absolute Gasteiger partial charge is 0.305 e. The number of aromatic nitrogens is 1. The number of aliphatic carboxylic acids is 1. The maximum atomic E-state index is 12.9. The van der Waals surface area contributed by atoms with E-state index in [-0.39, 0.29) is 12.8 Å². The van der Waals surface area contributed by atoms with Gasteiger partial charge in [0.2, 0.25) is 5.60 Å². The second-order valence-electron chi connectivity index (χ2n) is 6.76. The average Bonchev–Trinajstić information content (AvgIpc) is 3.17. The van der Waals surface area contributed by atoms with E-state index in [2.05, 4.69) is 15.5 Å². The van der Waals surface area contributed by atoms with Gasteiger partial charge in [-0.2, -0.15) is 0 Å². The molecule has 9 heteroatoms. The van der Waals surface area contributed by atoms with Crippen molar-refractivity contribution in [2.24, 2.45) is 5.16 Å². The van der Waals surface area contributed by atoms with Crippen molar-refractivity contribution < 1.29 is 28.7 Å². The number of Topliss-reactive ketones (excluding diaryl/α,β-unsaturated/α-hetero) is 1. The summed E-state index contributed by atoms with van der Waals surface area (Å²) in [5.41, 5.74) is 0.520. The number of oxime groups is 1. The van der Waals surface area contributed by atoms with Crippen molar-refractivity contribution in [2.45, 2.75) is 37.8 Å². The molecule has 152 valence electrons. The molecule has 3 rings (SSSR count). The first-order chi connectivity index (χ1) is 13.9. The number of carboxylic acids is 1. The summed E-state index contributed by atoms with van der Waals surface area (Å²) in [5.74, 6) is -3.04. The third-order valence-electron chi connectivity index (χ3n) is 4.92. The fourth-order valence-electron chi connectivity index (χ4n) is 3.23. The topological polar surface area (TPSA) is 118 Å². The lowest BCUT2D eigenvalue weighted by atomic mass is 9.89. The van der Waals surface area contributed by atoms with Crippen LogP contribution in [0.15, 0.2) is 41.7 Å². The highest BCUT2D eigenvalue weighted by Gasteiger charge is 2.46. The van der Waals surface area contributed by atoms with Crippen LogP contribution in [-0.4, -0.2) is 51.8 Å². The molecule has 1 aromatic heterocycles. The van der Waals surface area contributed by atoms with Crippen molar-refractivity contribution in [3.05, 3.63) is 42.1 Å². The molecule has 1 unspecified atom stereocenters. The number of ketones is 1. The van der Waals surface area contributed by atoms with Gasteiger partial charge in [0.1, 0.15) is 12.7 Å². The SMILES string of the molecule is CCC1(C(=O)N[C@@H](CC(=O)O)C(=O)CF)CC(c2cccc3cccnc23)=NO1. The third kappa shape index (κ3) is 4.08. The number of hydrogen-bond acceptors (Lipinski definition) is 6. The minimum Gasteiger partial charge on any atom is -0.481 e. The van der Waals surface area contributed by atoms with Crippen molar-refractivity contribution in [3.63, 3.8) is 0 Å². The Hall–Kier alpha value is -3.36. The third-order valence-corrected chi connectivity index (χ3v) is 4.92. The number of carboxylic acid groups (broad SMARTS) is 1. The van der Waals surface area contributed by atoms with Gasteiger partial charge in [-0.15, -0.1) is 0 Å². The highest BCUT2D eigenvalue weighted by molar-refractivity contribution is 6.12. The van der Waals surface area contributed by atoms with Gasteiger partial charge in [0.15, 0.2) is 5.78 Å². The zero-order valence-electron chi connectivity index (χ0n) is 15.7. The van der Waals surface area contributed by atoms with Gasteiger partial charge in [-0.25, -0.2) is 4.39 Å². The summed E-state index contributed by atoms with van der Waals surface area (Å²) < 4.78 is 12.8. The number of fused-ring (bicyclic) bond motifs is 1. The molecule has 2 heterocycles. The Morgan fingerprint density at radius 1 is 1.31 bits per heavy atom. The predicted molar refractivity (Wildman–Crippen MR) is 102 cm³/mol. The van der Waals surface area contributed by atoms with E-state index in [0.29, 0.717) is 16.8 Å². The number of carbonyl (C=O) groups excluding carboxylic acids is 2. The summed E-state index contributed by atoms with van der Waals surface area (Å²) in [6.07, 6.45) is 1.26. The lowest BCUT2D eigenvalue weighted by Gasteiger charge is -2.26. The number of halogens is 1. The first kappa shape index (κ1) is 20.4. The first-order valence-electron chi connectivity index (χ1n) is 9.11. The normalized spacial score (nSPS) is 19.3. The summed E-state index contributed by atoms with van der Waals surface area (Å²) in [7, 11) is 0. The lowest BCUT2D eigenvalue weighted by Crippen LogP contribution is -2.53. The fraction of sp³-hybridized carbons (Fsp3) is 0.350. The van der Waals surface area contributed by atoms with Crippen molar-refractivity contribution in [3.8, 4) is 0 Å². The molecular formula is C20H20FN3O5. The minimum atomic E-state index is -1.47. The van der Waals surface area contributed by atoms with Crippen LogP contribution in [0, 0.1) is 0 Å². The van der Waals surface area contributed by atoms with Crippen LogP contribution in [0.2, 0.25) is 0 Å². The molecule has 1 amide bonds. The summed E-state index contributed by atoms with van der Waals surface area (Å²) in [6, 6.07) is 7.81. The summed E-state index contributed by atoms with van der Waals surface area (Å²) >= 11 is 0. The molecule has 2 atom stereocenters. The summed E-state index contributed by atoms with van der Waals surface area (Å²) in [4.78, 5) is 45.4. The standard InChI is InChI=1S/C20H20FN3O5/c1-2-20(19(28)23-14(9-17(26)27)16(25)11-21)10-15(24-29-20)13-7-3-5-12-6-4-8-22-18(12)13/h3-8,14H,2,9-11H2,1H3,(H,23,28)(H,26,27)/t14-,20?/m0/s1. The number of hydrogen-bond donors (Lipinski definition) is 2. The highest BCUT2D eigenvalue weighted by Crippen LogP contribution is 2.32. The van der Waals surface area contributed by atoms with Crippen molar-refractivity contribution in [1.82, 2.24) is 10.3 Å². The van der Waals surface area contributed by atoms with Crippen LogP contribution in [0.3, 0.4) is 0 Å². The van der Waals surface area contributed by atoms with Gasteiger partial charge >= 0.3 is 5.97 Å². The van der Waals surface area contributed by atoms with Crippen LogP contribution >= 0.6 is 0 Å². The van der Waals surface area contributed by atoms with E-state index >= 15 is 0 Å². The van der Waals surface area contributed by atoms with Crippen LogP contribution in [-0.2, 0) is 19.2 Å². The van der Waals surface area contributed by atoms with Gasteiger partial charge in [-0.3, -0.25) is 19.4 Å². The zero-order valence-corrected chi connectivity index (χ0v) is 15.7. The van der Waals surface area contributed by atoms with Gasteiger partial charge in [0.25, 0.3) is 5.91 Å². The minimum absolute atomic E-state index is 0.106. The van der Waals surface area contributed by atoms with Crippen LogP contribution in [0.1, 0.15) is 31.7 Å². The number of pyridine rings is 1. The van der Waals surface area contributed by atoms with Crippen LogP contribution in [0.25, 0.3) is 10.9 Å². The molecule has 1 aromatic carbocycles. The second kappa shape index (κ2) is 8.34. The van der Waals surface area contributed by atoms with E-state index in [1.165, 1.54) is 0 Å². The molecule has 2 N–H and O–H groups in total. The molecule has 8 nitrogen and oxygen atoms in total. The van der Waals surface area contributed by atoms with E-state index in [1.807, 2.05) is 30.3 Å². The number of amides is 1. The van der Waals surface area contributed by atoms with Gasteiger partial charge in [0.05, 0.1) is 17.6 Å². The van der Waals surface area contributed by atoms with Gasteiger partial charge in [0, 0.05) is 23.6 Å². The molecule has 0 saturated heterocycles. The highest BCUT2D eigenvalue weighted by atomic mass is 19.1. The van der Waals surface area contributed by atoms with Crippen LogP contribution in [0.5, 0.6) is 0 Å². The average molecular weight is 401 g/mol. The molecule has 2 aromatic rings. The van der Waals surface area contributed by atoms with Crippen LogP contribution in [0.4, 0.5) is 4.39 Å². The van der Waals surface area contributed by atoms with Gasteiger partial charge in [-0.1, -0.05) is 36.3 Å². The van der Waals surface area contributed by atoms with E-state index in [1.54, 1.807) is 13.1 Å². The number of para-hydroxylation sites is 1. The molecule has 0 saturated carbocycles. The number of alkyl halides is 1.